The Bertz CT molecular complexity index is 750. The van der Waals surface area contributed by atoms with Gasteiger partial charge in [0.25, 0.3) is 0 Å². The summed E-state index contributed by atoms with van der Waals surface area (Å²) < 4.78 is 10.9. The van der Waals surface area contributed by atoms with Crippen molar-refractivity contribution in [2.45, 2.75) is 46.0 Å². The Morgan fingerprint density at radius 3 is 2.31 bits per heavy atom. The summed E-state index contributed by atoms with van der Waals surface area (Å²) in [4.78, 5) is 30.1. The third kappa shape index (κ3) is 4.85. The minimum absolute atomic E-state index is 0.0760. The van der Waals surface area contributed by atoms with Gasteiger partial charge in [0.05, 0.1) is 20.1 Å². The summed E-state index contributed by atoms with van der Waals surface area (Å²) in [5.41, 5.74) is 0.887. The smallest absolute Gasteiger partial charge is 0.228 e. The number of ether oxygens (including phenoxy) is 2. The number of nitrogens with zero attached hydrogens (tertiary/aromatic N) is 2. The van der Waals surface area contributed by atoms with Gasteiger partial charge in [-0.05, 0) is 24.3 Å². The molecule has 2 atom stereocenters. The number of benzene rings is 1. The highest BCUT2D eigenvalue weighted by molar-refractivity contribution is 5.84. The number of rotatable bonds is 5. The lowest BCUT2D eigenvalue weighted by Crippen LogP contribution is -2.38. The molecule has 2 heterocycles. The second kappa shape index (κ2) is 8.64. The van der Waals surface area contributed by atoms with E-state index in [0.717, 1.165) is 31.5 Å². The molecule has 0 bridgehead atoms. The predicted octanol–water partition coefficient (Wildman–Crippen LogP) is 3.30. The lowest BCUT2D eigenvalue weighted by atomic mass is 9.87. The number of hydrogen-bond acceptors (Lipinski definition) is 4. The topological polar surface area (TPSA) is 59.1 Å². The van der Waals surface area contributed by atoms with Crippen molar-refractivity contribution >= 4 is 11.8 Å². The van der Waals surface area contributed by atoms with E-state index >= 15 is 0 Å². The fourth-order valence-electron chi connectivity index (χ4n) is 4.44. The summed E-state index contributed by atoms with van der Waals surface area (Å²) in [6.07, 6.45) is 2.59. The Hall–Kier alpha value is -2.24. The molecule has 2 amide bonds. The molecular weight excluding hydrogens is 368 g/mol. The second-order valence-corrected chi connectivity index (χ2v) is 9.39. The van der Waals surface area contributed by atoms with Crippen molar-refractivity contribution in [1.29, 1.82) is 0 Å². The Balaban J connectivity index is 1.90. The maximum atomic E-state index is 13.3. The maximum Gasteiger partial charge on any atom is 0.228 e. The molecule has 6 nitrogen and oxygen atoms in total. The summed E-state index contributed by atoms with van der Waals surface area (Å²) in [6, 6.07) is 5.73. The molecule has 1 aromatic carbocycles. The van der Waals surface area contributed by atoms with E-state index < -0.39 is 0 Å². The highest BCUT2D eigenvalue weighted by atomic mass is 16.5. The first-order valence-electron chi connectivity index (χ1n) is 10.5. The first-order valence-corrected chi connectivity index (χ1v) is 10.5. The van der Waals surface area contributed by atoms with E-state index in [1.54, 1.807) is 14.2 Å². The molecule has 0 aromatic heterocycles. The fraction of sp³-hybridized carbons (Fsp3) is 0.652. The zero-order valence-corrected chi connectivity index (χ0v) is 18.4. The van der Waals surface area contributed by atoms with Crippen LogP contribution in [0.2, 0.25) is 0 Å². The lowest BCUT2D eigenvalue weighted by Gasteiger charge is -2.25. The summed E-state index contributed by atoms with van der Waals surface area (Å²) in [5, 5.41) is 0. The van der Waals surface area contributed by atoms with Crippen molar-refractivity contribution in [2.24, 2.45) is 11.3 Å². The molecule has 2 aliphatic heterocycles. The van der Waals surface area contributed by atoms with E-state index in [1.165, 1.54) is 0 Å². The summed E-state index contributed by atoms with van der Waals surface area (Å²) >= 11 is 0. The minimum atomic E-state index is -0.237. The quantitative estimate of drug-likeness (QED) is 0.758. The first-order chi connectivity index (χ1) is 13.7. The molecule has 0 radical (unpaired) electrons. The van der Waals surface area contributed by atoms with Gasteiger partial charge in [-0.1, -0.05) is 26.8 Å². The van der Waals surface area contributed by atoms with Gasteiger partial charge in [0.15, 0.2) is 0 Å². The molecule has 1 aromatic rings. The number of methoxy groups -OCH3 is 2. The van der Waals surface area contributed by atoms with E-state index in [1.807, 2.05) is 28.0 Å². The molecule has 0 aliphatic carbocycles. The SMILES string of the molecule is COc1ccc(C2CN(C(=O)CC(C)(C)C)CC2C(=O)N2CCCC2)c(OC)c1. The molecule has 2 fully saturated rings. The Labute approximate surface area is 174 Å². The predicted molar refractivity (Wildman–Crippen MR) is 112 cm³/mol. The second-order valence-electron chi connectivity index (χ2n) is 9.39. The van der Waals surface area contributed by atoms with Gasteiger partial charge in [0, 0.05) is 50.1 Å². The zero-order valence-electron chi connectivity index (χ0n) is 18.4. The molecule has 6 heteroatoms. The van der Waals surface area contributed by atoms with Crippen molar-refractivity contribution in [1.82, 2.24) is 9.80 Å². The Morgan fingerprint density at radius 1 is 1.03 bits per heavy atom. The third-order valence-corrected chi connectivity index (χ3v) is 5.93. The number of carbonyl (C=O) groups excluding carboxylic acids is 2. The number of likely N-dealkylation sites (tertiary alicyclic amines) is 2. The average Bonchev–Trinajstić information content (AvgIpc) is 3.35. The molecule has 29 heavy (non-hydrogen) atoms. The van der Waals surface area contributed by atoms with Crippen LogP contribution in [0.3, 0.4) is 0 Å². The third-order valence-electron chi connectivity index (χ3n) is 5.93. The molecule has 2 aliphatic rings. The van der Waals surface area contributed by atoms with Gasteiger partial charge in [-0.3, -0.25) is 9.59 Å². The van der Waals surface area contributed by atoms with E-state index in [0.29, 0.717) is 31.0 Å². The summed E-state index contributed by atoms with van der Waals surface area (Å²) in [7, 11) is 3.25. The van der Waals surface area contributed by atoms with Crippen LogP contribution in [0.1, 0.15) is 51.5 Å². The zero-order chi connectivity index (χ0) is 21.2. The molecule has 3 rings (SSSR count). The number of hydrogen-bond donors (Lipinski definition) is 0. The van der Waals surface area contributed by atoms with Gasteiger partial charge in [-0.15, -0.1) is 0 Å². The van der Waals surface area contributed by atoms with Crippen molar-refractivity contribution < 1.29 is 19.1 Å². The van der Waals surface area contributed by atoms with Gasteiger partial charge in [0.2, 0.25) is 11.8 Å². The normalized spacial score (nSPS) is 22.1. The standard InChI is InChI=1S/C23H34N2O4/c1-23(2,3)13-21(26)25-14-18(17-9-8-16(28-4)12-20(17)29-5)19(15-25)22(27)24-10-6-7-11-24/h8-9,12,18-19H,6-7,10-11,13-15H2,1-5H3. The van der Waals surface area contributed by atoms with Crippen LogP contribution in [0.4, 0.5) is 0 Å². The summed E-state index contributed by atoms with van der Waals surface area (Å²) in [6.45, 7) is 8.86. The molecule has 0 saturated carbocycles. The van der Waals surface area contributed by atoms with Gasteiger partial charge in [-0.2, -0.15) is 0 Å². The molecule has 0 N–H and O–H groups in total. The van der Waals surface area contributed by atoms with E-state index in [-0.39, 0.29) is 29.1 Å². The van der Waals surface area contributed by atoms with Crippen molar-refractivity contribution in [3.8, 4) is 11.5 Å². The van der Waals surface area contributed by atoms with Crippen LogP contribution in [0.25, 0.3) is 0 Å². The van der Waals surface area contributed by atoms with E-state index in [9.17, 15) is 9.59 Å². The monoisotopic (exact) mass is 402 g/mol. The Kier molecular flexibility index (Phi) is 6.39. The van der Waals surface area contributed by atoms with E-state index in [4.69, 9.17) is 9.47 Å². The minimum Gasteiger partial charge on any atom is -0.497 e. The molecular formula is C23H34N2O4. The first kappa shape index (κ1) is 21.5. The number of amides is 2. The van der Waals surface area contributed by atoms with Crippen LogP contribution in [-0.2, 0) is 9.59 Å². The van der Waals surface area contributed by atoms with Crippen LogP contribution >= 0.6 is 0 Å². The van der Waals surface area contributed by atoms with Crippen LogP contribution in [0.5, 0.6) is 11.5 Å². The van der Waals surface area contributed by atoms with Gasteiger partial charge in [0.1, 0.15) is 11.5 Å². The van der Waals surface area contributed by atoms with Crippen LogP contribution in [0.15, 0.2) is 18.2 Å². The maximum absolute atomic E-state index is 13.3. The largest absolute Gasteiger partial charge is 0.497 e. The van der Waals surface area contributed by atoms with E-state index in [2.05, 4.69) is 20.8 Å². The number of carbonyl (C=O) groups is 2. The molecule has 0 spiro atoms. The van der Waals surface area contributed by atoms with Crippen molar-refractivity contribution in [3.05, 3.63) is 23.8 Å². The molecule has 160 valence electrons. The van der Waals surface area contributed by atoms with Crippen molar-refractivity contribution in [2.75, 3.05) is 40.4 Å². The fourth-order valence-corrected chi connectivity index (χ4v) is 4.44. The van der Waals surface area contributed by atoms with Gasteiger partial charge >= 0.3 is 0 Å². The molecule has 2 unspecified atom stereocenters. The highest BCUT2D eigenvalue weighted by Gasteiger charge is 2.43. The van der Waals surface area contributed by atoms with Crippen LogP contribution < -0.4 is 9.47 Å². The lowest BCUT2D eigenvalue weighted by molar-refractivity contribution is -0.135. The Morgan fingerprint density at radius 2 is 1.72 bits per heavy atom. The van der Waals surface area contributed by atoms with Crippen LogP contribution in [0, 0.1) is 11.3 Å². The summed E-state index contributed by atoms with van der Waals surface area (Å²) in [5.74, 6) is 1.39. The van der Waals surface area contributed by atoms with Gasteiger partial charge in [-0.25, -0.2) is 0 Å². The average molecular weight is 403 g/mol. The highest BCUT2D eigenvalue weighted by Crippen LogP contribution is 2.41. The van der Waals surface area contributed by atoms with Crippen LogP contribution in [-0.4, -0.2) is 62.0 Å². The van der Waals surface area contributed by atoms with Crippen molar-refractivity contribution in [3.63, 3.8) is 0 Å². The van der Waals surface area contributed by atoms with Gasteiger partial charge < -0.3 is 19.3 Å². The molecule has 2 saturated heterocycles.